The predicted octanol–water partition coefficient (Wildman–Crippen LogP) is 1.59. The van der Waals surface area contributed by atoms with Gasteiger partial charge in [-0.3, -0.25) is 4.79 Å². The molecule has 1 N–H and O–H groups in total. The van der Waals surface area contributed by atoms with Crippen LogP contribution in [0.3, 0.4) is 0 Å². The van der Waals surface area contributed by atoms with Crippen molar-refractivity contribution < 1.29 is 9.21 Å². The summed E-state index contributed by atoms with van der Waals surface area (Å²) in [7, 11) is 0. The SMILES string of the molecule is C#CCNC(=O)C=Cc1nc2ccccc2o1. The number of fused-ring (bicyclic) bond motifs is 1. The van der Waals surface area contributed by atoms with E-state index in [9.17, 15) is 4.79 Å². The third-order valence-electron chi connectivity index (χ3n) is 2.05. The number of hydrogen-bond acceptors (Lipinski definition) is 3. The number of aromatic nitrogens is 1. The van der Waals surface area contributed by atoms with Gasteiger partial charge in [0.15, 0.2) is 5.58 Å². The van der Waals surface area contributed by atoms with Gasteiger partial charge >= 0.3 is 0 Å². The fourth-order valence-corrected chi connectivity index (χ4v) is 1.31. The van der Waals surface area contributed by atoms with Crippen molar-refractivity contribution in [3.63, 3.8) is 0 Å². The number of nitrogens with zero attached hydrogens (tertiary/aromatic N) is 1. The van der Waals surface area contributed by atoms with E-state index in [1.807, 2.05) is 24.3 Å². The van der Waals surface area contributed by atoms with Gasteiger partial charge in [0.1, 0.15) is 5.52 Å². The quantitative estimate of drug-likeness (QED) is 0.638. The van der Waals surface area contributed by atoms with Crippen LogP contribution >= 0.6 is 0 Å². The summed E-state index contributed by atoms with van der Waals surface area (Å²) in [4.78, 5) is 15.4. The highest BCUT2D eigenvalue weighted by atomic mass is 16.3. The Morgan fingerprint density at radius 1 is 1.53 bits per heavy atom. The molecule has 0 saturated carbocycles. The van der Waals surface area contributed by atoms with E-state index >= 15 is 0 Å². The molecule has 17 heavy (non-hydrogen) atoms. The maximum absolute atomic E-state index is 11.2. The molecule has 4 nitrogen and oxygen atoms in total. The highest BCUT2D eigenvalue weighted by molar-refractivity contribution is 5.91. The van der Waals surface area contributed by atoms with E-state index in [4.69, 9.17) is 10.8 Å². The lowest BCUT2D eigenvalue weighted by molar-refractivity contribution is -0.116. The number of oxazole rings is 1. The van der Waals surface area contributed by atoms with Crippen LogP contribution in [-0.4, -0.2) is 17.4 Å². The monoisotopic (exact) mass is 226 g/mol. The van der Waals surface area contributed by atoms with Crippen LogP contribution in [0.2, 0.25) is 0 Å². The number of benzene rings is 1. The fourth-order valence-electron chi connectivity index (χ4n) is 1.31. The number of nitrogens with one attached hydrogen (secondary N) is 1. The van der Waals surface area contributed by atoms with Crippen LogP contribution in [-0.2, 0) is 4.79 Å². The molecule has 0 radical (unpaired) electrons. The average molecular weight is 226 g/mol. The predicted molar refractivity (Wildman–Crippen MR) is 64.9 cm³/mol. The maximum atomic E-state index is 11.2. The lowest BCUT2D eigenvalue weighted by Crippen LogP contribution is -2.20. The first-order valence-electron chi connectivity index (χ1n) is 5.04. The van der Waals surface area contributed by atoms with Crippen molar-refractivity contribution in [2.45, 2.75) is 0 Å². The molecule has 0 aliphatic carbocycles. The molecule has 0 saturated heterocycles. The van der Waals surface area contributed by atoms with Crippen LogP contribution in [0.1, 0.15) is 5.89 Å². The summed E-state index contributed by atoms with van der Waals surface area (Å²) in [5.74, 6) is 2.43. The van der Waals surface area contributed by atoms with E-state index in [1.54, 1.807) is 0 Å². The van der Waals surface area contributed by atoms with E-state index < -0.39 is 0 Å². The molecule has 1 heterocycles. The number of para-hydroxylation sites is 2. The molecule has 0 aliphatic heterocycles. The molecule has 0 atom stereocenters. The molecule has 4 heteroatoms. The maximum Gasteiger partial charge on any atom is 0.244 e. The Labute approximate surface area is 98.3 Å². The molecule has 0 unspecified atom stereocenters. The lowest BCUT2D eigenvalue weighted by atomic mass is 10.3. The summed E-state index contributed by atoms with van der Waals surface area (Å²) in [6.07, 6.45) is 7.86. The van der Waals surface area contributed by atoms with E-state index in [0.29, 0.717) is 11.5 Å². The van der Waals surface area contributed by atoms with Gasteiger partial charge in [0, 0.05) is 12.2 Å². The molecule has 2 rings (SSSR count). The van der Waals surface area contributed by atoms with Crippen LogP contribution in [0, 0.1) is 12.3 Å². The van der Waals surface area contributed by atoms with Crippen LogP contribution in [0.5, 0.6) is 0 Å². The van der Waals surface area contributed by atoms with Gasteiger partial charge in [-0.05, 0) is 12.1 Å². The van der Waals surface area contributed by atoms with Gasteiger partial charge in [-0.2, -0.15) is 0 Å². The zero-order valence-electron chi connectivity index (χ0n) is 9.01. The standard InChI is InChI=1S/C13H10N2O2/c1-2-9-14-12(16)7-8-13-15-10-5-3-4-6-11(10)17-13/h1,3-8H,9H2,(H,14,16). The van der Waals surface area contributed by atoms with Gasteiger partial charge in [0.05, 0.1) is 6.54 Å². The second-order valence-electron chi connectivity index (χ2n) is 3.28. The van der Waals surface area contributed by atoms with Crippen LogP contribution < -0.4 is 5.32 Å². The first-order chi connectivity index (χ1) is 8.29. The van der Waals surface area contributed by atoms with Crippen LogP contribution in [0.25, 0.3) is 17.2 Å². The zero-order valence-corrected chi connectivity index (χ0v) is 9.01. The van der Waals surface area contributed by atoms with Crippen molar-refractivity contribution in [2.24, 2.45) is 0 Å². The largest absolute Gasteiger partial charge is 0.437 e. The minimum absolute atomic E-state index is 0.205. The normalized spacial score (nSPS) is 10.5. The first-order valence-corrected chi connectivity index (χ1v) is 5.04. The van der Waals surface area contributed by atoms with E-state index in [2.05, 4.69) is 16.2 Å². The van der Waals surface area contributed by atoms with Gasteiger partial charge < -0.3 is 9.73 Å². The molecule has 0 bridgehead atoms. The molecular formula is C13H10N2O2. The van der Waals surface area contributed by atoms with Crippen LogP contribution in [0.15, 0.2) is 34.8 Å². The number of carbonyl (C=O) groups is 1. The minimum Gasteiger partial charge on any atom is -0.437 e. The van der Waals surface area contributed by atoms with Crippen molar-refractivity contribution >= 4 is 23.1 Å². The third-order valence-corrected chi connectivity index (χ3v) is 2.05. The molecule has 84 valence electrons. The van der Waals surface area contributed by atoms with Crippen molar-refractivity contribution in [3.05, 3.63) is 36.2 Å². The Hall–Kier alpha value is -2.54. The van der Waals surface area contributed by atoms with Crippen molar-refractivity contribution in [3.8, 4) is 12.3 Å². The fraction of sp³-hybridized carbons (Fsp3) is 0.0769. The highest BCUT2D eigenvalue weighted by Crippen LogP contribution is 2.15. The number of amides is 1. The molecule has 1 aromatic carbocycles. The van der Waals surface area contributed by atoms with E-state index in [0.717, 1.165) is 5.52 Å². The van der Waals surface area contributed by atoms with E-state index in [-0.39, 0.29) is 12.5 Å². The molecule has 1 aromatic heterocycles. The van der Waals surface area contributed by atoms with Crippen LogP contribution in [0.4, 0.5) is 0 Å². The number of hydrogen-bond donors (Lipinski definition) is 1. The molecule has 0 aliphatic rings. The van der Waals surface area contributed by atoms with Gasteiger partial charge in [-0.1, -0.05) is 18.1 Å². The van der Waals surface area contributed by atoms with Crippen molar-refractivity contribution in [1.29, 1.82) is 0 Å². The van der Waals surface area contributed by atoms with Gasteiger partial charge in [0.25, 0.3) is 0 Å². The summed E-state index contributed by atoms with van der Waals surface area (Å²) in [5, 5.41) is 2.51. The number of carbonyl (C=O) groups excluding carboxylic acids is 1. The molecular weight excluding hydrogens is 216 g/mol. The van der Waals surface area contributed by atoms with Gasteiger partial charge in [-0.25, -0.2) is 4.98 Å². The second-order valence-corrected chi connectivity index (χ2v) is 3.28. The first kappa shape index (κ1) is 11.0. The molecule has 2 aromatic rings. The number of terminal acetylenes is 1. The smallest absolute Gasteiger partial charge is 0.244 e. The molecule has 0 fully saturated rings. The Morgan fingerprint density at radius 3 is 3.12 bits per heavy atom. The minimum atomic E-state index is -0.273. The second kappa shape index (κ2) is 4.99. The van der Waals surface area contributed by atoms with Crippen molar-refractivity contribution in [2.75, 3.05) is 6.54 Å². The van der Waals surface area contributed by atoms with Gasteiger partial charge in [0.2, 0.25) is 11.8 Å². The van der Waals surface area contributed by atoms with Gasteiger partial charge in [-0.15, -0.1) is 6.42 Å². The summed E-state index contributed by atoms with van der Waals surface area (Å²) in [5.41, 5.74) is 1.45. The van der Waals surface area contributed by atoms with Crippen molar-refractivity contribution in [1.82, 2.24) is 10.3 Å². The zero-order chi connectivity index (χ0) is 12.1. The lowest BCUT2D eigenvalue weighted by Gasteiger charge is -1.92. The number of rotatable bonds is 3. The van der Waals surface area contributed by atoms with E-state index in [1.165, 1.54) is 12.2 Å². The Bertz CT molecular complexity index is 572. The highest BCUT2D eigenvalue weighted by Gasteiger charge is 2.01. The Balaban J connectivity index is 2.11. The Kier molecular flexibility index (Phi) is 3.22. The summed E-state index contributed by atoms with van der Waals surface area (Å²) in [6.45, 7) is 0.205. The summed E-state index contributed by atoms with van der Waals surface area (Å²) in [6, 6.07) is 7.39. The Morgan fingerprint density at radius 2 is 2.35 bits per heavy atom. The molecule has 0 spiro atoms. The summed E-state index contributed by atoms with van der Waals surface area (Å²) < 4.78 is 5.40. The summed E-state index contributed by atoms with van der Waals surface area (Å²) >= 11 is 0. The molecule has 1 amide bonds. The topological polar surface area (TPSA) is 55.1 Å². The average Bonchev–Trinajstić information content (AvgIpc) is 2.76. The third kappa shape index (κ3) is 2.73.